The van der Waals surface area contributed by atoms with Gasteiger partial charge in [-0.3, -0.25) is 0 Å². The van der Waals surface area contributed by atoms with E-state index in [1.807, 2.05) is 30.3 Å². The fraction of sp³-hybridized carbons (Fsp3) is 0.533. The van der Waals surface area contributed by atoms with Crippen LogP contribution in [0.2, 0.25) is 0 Å². The van der Waals surface area contributed by atoms with Crippen LogP contribution in [-0.2, 0) is 0 Å². The van der Waals surface area contributed by atoms with E-state index in [1.165, 1.54) is 12.8 Å². The molecule has 3 nitrogen and oxygen atoms in total. The first-order valence-electron chi connectivity index (χ1n) is 6.70. The number of nitrogens with one attached hydrogen (secondary N) is 1. The van der Waals surface area contributed by atoms with Crippen molar-refractivity contribution in [2.45, 2.75) is 45.6 Å². The number of guanidine groups is 1. The summed E-state index contributed by atoms with van der Waals surface area (Å²) in [5.41, 5.74) is 7.36. The number of hydrogen-bond acceptors (Lipinski definition) is 1. The van der Waals surface area contributed by atoms with Crippen molar-refractivity contribution in [2.24, 2.45) is 16.1 Å². The molecular weight excluding hydrogens is 222 g/mol. The van der Waals surface area contributed by atoms with Crippen molar-refractivity contribution in [1.82, 2.24) is 0 Å². The van der Waals surface area contributed by atoms with E-state index >= 15 is 0 Å². The summed E-state index contributed by atoms with van der Waals surface area (Å²) in [4.78, 5) is 4.61. The largest absolute Gasteiger partial charge is 0.370 e. The average molecular weight is 245 g/mol. The quantitative estimate of drug-likeness (QED) is 0.620. The van der Waals surface area contributed by atoms with Crippen molar-refractivity contribution in [3.8, 4) is 0 Å². The van der Waals surface area contributed by atoms with Crippen molar-refractivity contribution in [3.05, 3.63) is 30.3 Å². The normalized spacial score (nSPS) is 23.7. The molecule has 1 saturated carbocycles. The van der Waals surface area contributed by atoms with Gasteiger partial charge in [-0.2, -0.15) is 0 Å². The van der Waals surface area contributed by atoms with Crippen molar-refractivity contribution < 1.29 is 0 Å². The number of aliphatic imine (C=N–C) groups is 1. The van der Waals surface area contributed by atoms with Crippen LogP contribution in [0, 0.1) is 5.41 Å². The van der Waals surface area contributed by atoms with Gasteiger partial charge in [-0.15, -0.1) is 0 Å². The Bertz CT molecular complexity index is 409. The van der Waals surface area contributed by atoms with Crippen LogP contribution < -0.4 is 11.1 Å². The van der Waals surface area contributed by atoms with Gasteiger partial charge in [-0.25, -0.2) is 4.99 Å². The van der Waals surface area contributed by atoms with Gasteiger partial charge in [0.25, 0.3) is 0 Å². The predicted octanol–water partition coefficient (Wildman–Crippen LogP) is 3.38. The SMILES string of the molecule is CC1(C)CCCC(N=C(N)Nc2ccccc2)C1. The van der Waals surface area contributed by atoms with Gasteiger partial charge >= 0.3 is 0 Å². The molecule has 1 fully saturated rings. The minimum atomic E-state index is 0.366. The van der Waals surface area contributed by atoms with Crippen LogP contribution in [0.25, 0.3) is 0 Å². The molecule has 1 aromatic rings. The number of nitrogens with two attached hydrogens (primary N) is 1. The lowest BCUT2D eigenvalue weighted by molar-refractivity contribution is 0.222. The first-order chi connectivity index (χ1) is 8.55. The Hall–Kier alpha value is -1.51. The number of anilines is 1. The summed E-state index contributed by atoms with van der Waals surface area (Å²) < 4.78 is 0. The highest BCUT2D eigenvalue weighted by molar-refractivity contribution is 5.92. The maximum Gasteiger partial charge on any atom is 0.193 e. The summed E-state index contributed by atoms with van der Waals surface area (Å²) in [5, 5.41) is 3.14. The smallest absolute Gasteiger partial charge is 0.193 e. The van der Waals surface area contributed by atoms with Crippen LogP contribution >= 0.6 is 0 Å². The molecule has 2 rings (SSSR count). The lowest BCUT2D eigenvalue weighted by Gasteiger charge is -2.33. The minimum Gasteiger partial charge on any atom is -0.370 e. The van der Waals surface area contributed by atoms with Gasteiger partial charge in [0.05, 0.1) is 6.04 Å². The lowest BCUT2D eigenvalue weighted by Crippen LogP contribution is -2.30. The van der Waals surface area contributed by atoms with Gasteiger partial charge in [0.1, 0.15) is 0 Å². The fourth-order valence-corrected chi connectivity index (χ4v) is 2.67. The molecule has 0 aliphatic heterocycles. The second kappa shape index (κ2) is 5.42. The molecule has 3 N–H and O–H groups in total. The molecule has 0 amide bonds. The molecule has 0 aromatic heterocycles. The molecule has 0 saturated heterocycles. The van der Waals surface area contributed by atoms with E-state index in [1.54, 1.807) is 0 Å². The van der Waals surface area contributed by atoms with Crippen molar-refractivity contribution >= 4 is 11.6 Å². The summed E-state index contributed by atoms with van der Waals surface area (Å²) in [7, 11) is 0. The van der Waals surface area contributed by atoms with E-state index in [2.05, 4.69) is 24.2 Å². The molecule has 1 atom stereocenters. The van der Waals surface area contributed by atoms with E-state index in [9.17, 15) is 0 Å². The Balaban J connectivity index is 1.96. The van der Waals surface area contributed by atoms with Gasteiger partial charge in [0.15, 0.2) is 5.96 Å². The molecule has 1 aromatic carbocycles. The Morgan fingerprint density at radius 3 is 2.72 bits per heavy atom. The maximum atomic E-state index is 5.96. The summed E-state index contributed by atoms with van der Waals surface area (Å²) in [6, 6.07) is 10.3. The third kappa shape index (κ3) is 3.76. The number of nitrogens with zero attached hydrogens (tertiary/aromatic N) is 1. The molecule has 18 heavy (non-hydrogen) atoms. The lowest BCUT2D eigenvalue weighted by atomic mass is 9.75. The molecule has 0 heterocycles. The highest BCUT2D eigenvalue weighted by Gasteiger charge is 2.27. The molecule has 1 aliphatic carbocycles. The highest BCUT2D eigenvalue weighted by Crippen LogP contribution is 2.36. The van der Waals surface area contributed by atoms with Crippen LogP contribution in [0.3, 0.4) is 0 Å². The van der Waals surface area contributed by atoms with Crippen LogP contribution in [0.15, 0.2) is 35.3 Å². The average Bonchev–Trinajstić information content (AvgIpc) is 2.28. The van der Waals surface area contributed by atoms with Gasteiger partial charge in [0, 0.05) is 5.69 Å². The number of hydrogen-bond donors (Lipinski definition) is 2. The van der Waals surface area contributed by atoms with Gasteiger partial charge < -0.3 is 11.1 Å². The number of para-hydroxylation sites is 1. The van der Waals surface area contributed by atoms with Crippen LogP contribution in [-0.4, -0.2) is 12.0 Å². The summed E-state index contributed by atoms with van der Waals surface area (Å²) in [5.74, 6) is 0.531. The number of rotatable bonds is 2. The summed E-state index contributed by atoms with van der Waals surface area (Å²) >= 11 is 0. The van der Waals surface area contributed by atoms with Gasteiger partial charge in [-0.1, -0.05) is 38.5 Å². The predicted molar refractivity (Wildman–Crippen MR) is 77.7 cm³/mol. The van der Waals surface area contributed by atoms with Gasteiger partial charge in [0.2, 0.25) is 0 Å². The van der Waals surface area contributed by atoms with Crippen molar-refractivity contribution in [3.63, 3.8) is 0 Å². The van der Waals surface area contributed by atoms with E-state index in [-0.39, 0.29) is 0 Å². The first kappa shape index (κ1) is 12.9. The molecular formula is C15H23N3. The molecule has 0 spiro atoms. The van der Waals surface area contributed by atoms with E-state index < -0.39 is 0 Å². The van der Waals surface area contributed by atoms with Crippen molar-refractivity contribution in [1.29, 1.82) is 0 Å². The Kier molecular flexibility index (Phi) is 3.90. The first-order valence-corrected chi connectivity index (χ1v) is 6.70. The van der Waals surface area contributed by atoms with E-state index in [0.717, 1.165) is 18.5 Å². The fourth-order valence-electron chi connectivity index (χ4n) is 2.67. The highest BCUT2D eigenvalue weighted by atomic mass is 15.1. The second-order valence-corrected chi connectivity index (χ2v) is 5.92. The zero-order valence-corrected chi connectivity index (χ0v) is 11.3. The van der Waals surface area contributed by atoms with Gasteiger partial charge in [-0.05, 0) is 36.8 Å². The topological polar surface area (TPSA) is 50.4 Å². The molecule has 98 valence electrons. The molecule has 1 aliphatic rings. The zero-order valence-electron chi connectivity index (χ0n) is 11.3. The summed E-state index contributed by atoms with van der Waals surface area (Å²) in [6.07, 6.45) is 4.83. The molecule has 0 bridgehead atoms. The van der Waals surface area contributed by atoms with E-state index in [4.69, 9.17) is 5.73 Å². The maximum absolute atomic E-state index is 5.96. The van der Waals surface area contributed by atoms with E-state index in [0.29, 0.717) is 17.4 Å². The second-order valence-electron chi connectivity index (χ2n) is 5.92. The van der Waals surface area contributed by atoms with Crippen molar-refractivity contribution in [2.75, 3.05) is 5.32 Å². The Labute approximate surface area is 109 Å². The van der Waals surface area contributed by atoms with Crippen LogP contribution in [0.1, 0.15) is 39.5 Å². The molecule has 1 unspecified atom stereocenters. The minimum absolute atomic E-state index is 0.366. The monoisotopic (exact) mass is 245 g/mol. The standard InChI is InChI=1S/C15H23N3/c1-15(2)10-6-9-13(11-15)18-14(16)17-12-7-4-3-5-8-12/h3-5,7-8,13H,6,9-11H2,1-2H3,(H3,16,17,18). The molecule has 3 heteroatoms. The third-order valence-corrected chi connectivity index (χ3v) is 3.55. The Morgan fingerprint density at radius 2 is 2.06 bits per heavy atom. The molecule has 0 radical (unpaired) electrons. The van der Waals surface area contributed by atoms with Crippen LogP contribution in [0.5, 0.6) is 0 Å². The zero-order chi connectivity index (χ0) is 13.0. The third-order valence-electron chi connectivity index (χ3n) is 3.55. The Morgan fingerprint density at radius 1 is 1.33 bits per heavy atom. The van der Waals surface area contributed by atoms with Crippen LogP contribution in [0.4, 0.5) is 5.69 Å². The summed E-state index contributed by atoms with van der Waals surface area (Å²) in [6.45, 7) is 4.63. The number of benzene rings is 1.